The van der Waals surface area contributed by atoms with Gasteiger partial charge in [-0.25, -0.2) is 9.38 Å². The number of halogens is 2. The zero-order chi connectivity index (χ0) is 19.0. The molecule has 0 fully saturated rings. The normalized spacial score (nSPS) is 23.5. The second-order valence-corrected chi connectivity index (χ2v) is 7.26. The van der Waals surface area contributed by atoms with Crippen molar-refractivity contribution in [1.82, 2.24) is 0 Å². The molecule has 2 atom stereocenters. The lowest BCUT2D eigenvalue weighted by Gasteiger charge is -2.39. The van der Waals surface area contributed by atoms with Crippen molar-refractivity contribution in [3.63, 3.8) is 0 Å². The second kappa shape index (κ2) is 7.02. The number of rotatable bonds is 4. The minimum atomic E-state index is -0.636. The summed E-state index contributed by atoms with van der Waals surface area (Å²) in [6.07, 6.45) is 0.756. The van der Waals surface area contributed by atoms with Gasteiger partial charge in [0.25, 0.3) is 6.02 Å². The molecular weight excluding hydrogens is 371 g/mol. The number of methoxy groups -OCH3 is 1. The predicted octanol–water partition coefficient (Wildman–Crippen LogP) is 3.73. The lowest BCUT2D eigenvalue weighted by molar-refractivity contribution is 0.0739. The molecule has 2 N–H and O–H groups in total. The number of hydrogen-bond donors (Lipinski definition) is 1. The number of nitrogens with zero attached hydrogens (tertiary/aromatic N) is 1. The maximum absolute atomic E-state index is 13.8. The maximum Gasteiger partial charge on any atom is 0.283 e. The summed E-state index contributed by atoms with van der Waals surface area (Å²) in [5, 5.41) is 0.345. The summed E-state index contributed by atoms with van der Waals surface area (Å²) >= 11 is 6.03. The highest BCUT2D eigenvalue weighted by Gasteiger charge is 2.49. The first-order valence-corrected chi connectivity index (χ1v) is 9.10. The van der Waals surface area contributed by atoms with Crippen molar-refractivity contribution in [2.24, 2.45) is 16.6 Å². The molecule has 4 rings (SSSR count). The molecular formula is C20H20ClFN2O3. The summed E-state index contributed by atoms with van der Waals surface area (Å²) in [6.45, 7) is 1.43. The first-order chi connectivity index (χ1) is 13.0. The van der Waals surface area contributed by atoms with Crippen LogP contribution in [0, 0.1) is 11.7 Å². The van der Waals surface area contributed by atoms with Crippen LogP contribution in [0.4, 0.5) is 4.39 Å². The van der Waals surface area contributed by atoms with Crippen molar-refractivity contribution < 1.29 is 18.6 Å². The van der Waals surface area contributed by atoms with Crippen LogP contribution >= 0.6 is 11.6 Å². The lowest BCUT2D eigenvalue weighted by atomic mass is 9.75. The van der Waals surface area contributed by atoms with E-state index in [2.05, 4.69) is 4.99 Å². The molecule has 0 radical (unpaired) electrons. The minimum Gasteiger partial charge on any atom is -0.493 e. The number of ether oxygens (including phenoxy) is 3. The Morgan fingerprint density at radius 3 is 2.81 bits per heavy atom. The molecule has 1 spiro atoms. The van der Waals surface area contributed by atoms with Gasteiger partial charge in [-0.15, -0.1) is 0 Å². The van der Waals surface area contributed by atoms with E-state index in [1.165, 1.54) is 12.1 Å². The first-order valence-electron chi connectivity index (χ1n) is 8.73. The quantitative estimate of drug-likeness (QED) is 0.863. The fourth-order valence-corrected chi connectivity index (χ4v) is 4.04. The van der Waals surface area contributed by atoms with Gasteiger partial charge in [-0.3, -0.25) is 0 Å². The van der Waals surface area contributed by atoms with Gasteiger partial charge in [0.1, 0.15) is 23.7 Å². The molecule has 5 nitrogen and oxygen atoms in total. The molecule has 2 aliphatic rings. The zero-order valence-corrected chi connectivity index (χ0v) is 15.6. The van der Waals surface area contributed by atoms with Crippen LogP contribution in [0.25, 0.3) is 11.1 Å². The van der Waals surface area contributed by atoms with Gasteiger partial charge in [-0.1, -0.05) is 17.7 Å². The molecule has 142 valence electrons. The van der Waals surface area contributed by atoms with Crippen molar-refractivity contribution >= 4 is 17.6 Å². The molecule has 7 heteroatoms. The highest BCUT2D eigenvalue weighted by molar-refractivity contribution is 6.30. The second-order valence-electron chi connectivity index (χ2n) is 6.82. The number of hydrogen-bond acceptors (Lipinski definition) is 5. The monoisotopic (exact) mass is 390 g/mol. The van der Waals surface area contributed by atoms with Crippen LogP contribution in [0.2, 0.25) is 5.02 Å². The topological polar surface area (TPSA) is 66.1 Å². The first kappa shape index (κ1) is 18.1. The largest absolute Gasteiger partial charge is 0.493 e. The fraction of sp³-hybridized carbons (Fsp3) is 0.350. The number of amidine groups is 1. The Hall–Kier alpha value is -2.31. The highest BCUT2D eigenvalue weighted by Crippen LogP contribution is 2.48. The average Bonchev–Trinajstić information content (AvgIpc) is 3.03. The van der Waals surface area contributed by atoms with Gasteiger partial charge in [0.2, 0.25) is 0 Å². The van der Waals surface area contributed by atoms with E-state index in [1.54, 1.807) is 13.2 Å². The van der Waals surface area contributed by atoms with Crippen molar-refractivity contribution in [3.8, 4) is 16.9 Å². The Balaban J connectivity index is 1.82. The third-order valence-corrected chi connectivity index (χ3v) is 5.40. The van der Waals surface area contributed by atoms with Gasteiger partial charge < -0.3 is 19.9 Å². The van der Waals surface area contributed by atoms with Gasteiger partial charge in [-0.2, -0.15) is 0 Å². The van der Waals surface area contributed by atoms with Crippen molar-refractivity contribution in [2.45, 2.75) is 12.0 Å². The van der Waals surface area contributed by atoms with E-state index in [0.717, 1.165) is 23.3 Å². The SMILES string of the molecule is COCCC1COc2ccc(-c3cc(F)cc(Cl)c3)cc2C12COC(N)=N2. The van der Waals surface area contributed by atoms with E-state index in [1.807, 2.05) is 18.2 Å². The molecule has 0 aromatic heterocycles. The van der Waals surface area contributed by atoms with E-state index in [-0.39, 0.29) is 17.8 Å². The Kier molecular flexibility index (Phi) is 4.70. The van der Waals surface area contributed by atoms with Gasteiger partial charge in [0.15, 0.2) is 0 Å². The lowest BCUT2D eigenvalue weighted by Crippen LogP contribution is -2.43. The highest BCUT2D eigenvalue weighted by atomic mass is 35.5. The standard InChI is InChI=1S/C20H20ClFN2O3/c1-25-5-4-14-10-26-18-3-2-12(13-6-15(21)9-16(22)7-13)8-17(18)20(14)11-27-19(23)24-20/h2-3,6-9,14H,4-5,10-11H2,1H3,(H2,23,24). The van der Waals surface area contributed by atoms with Crippen LogP contribution in [-0.2, 0) is 15.0 Å². The molecule has 0 bridgehead atoms. The summed E-state index contributed by atoms with van der Waals surface area (Å²) in [5.41, 5.74) is 7.63. The molecule has 0 saturated heterocycles. The Bertz CT molecular complexity index is 885. The molecule has 2 aromatic carbocycles. The van der Waals surface area contributed by atoms with Crippen molar-refractivity contribution in [3.05, 3.63) is 52.8 Å². The third kappa shape index (κ3) is 3.24. The molecule has 2 aromatic rings. The van der Waals surface area contributed by atoms with Crippen LogP contribution < -0.4 is 10.5 Å². The Morgan fingerprint density at radius 1 is 1.26 bits per heavy atom. The van der Waals surface area contributed by atoms with Crippen LogP contribution in [0.1, 0.15) is 12.0 Å². The van der Waals surface area contributed by atoms with E-state index in [9.17, 15) is 4.39 Å². The molecule has 0 aliphatic carbocycles. The zero-order valence-electron chi connectivity index (χ0n) is 14.9. The fourth-order valence-electron chi connectivity index (χ4n) is 3.82. The number of aliphatic imine (C=N–C) groups is 1. The van der Waals surface area contributed by atoms with Crippen LogP contribution in [0.3, 0.4) is 0 Å². The van der Waals surface area contributed by atoms with E-state index in [4.69, 9.17) is 31.5 Å². The van der Waals surface area contributed by atoms with Gasteiger partial charge in [0.05, 0.1) is 6.61 Å². The van der Waals surface area contributed by atoms with Gasteiger partial charge in [-0.05, 0) is 47.9 Å². The molecule has 0 amide bonds. The molecule has 0 saturated carbocycles. The van der Waals surface area contributed by atoms with Crippen LogP contribution in [0.5, 0.6) is 5.75 Å². The minimum absolute atomic E-state index is 0.0531. The molecule has 2 heterocycles. The third-order valence-electron chi connectivity index (χ3n) is 5.18. The summed E-state index contributed by atoms with van der Waals surface area (Å²) in [4.78, 5) is 4.66. The summed E-state index contributed by atoms with van der Waals surface area (Å²) in [6, 6.07) is 10.4. The Labute approximate surface area is 161 Å². The molecule has 2 unspecified atom stereocenters. The van der Waals surface area contributed by atoms with Crippen LogP contribution in [0.15, 0.2) is 41.4 Å². The van der Waals surface area contributed by atoms with Crippen molar-refractivity contribution in [1.29, 1.82) is 0 Å². The smallest absolute Gasteiger partial charge is 0.283 e. The van der Waals surface area contributed by atoms with Crippen molar-refractivity contribution in [2.75, 3.05) is 26.9 Å². The maximum atomic E-state index is 13.8. The summed E-state index contributed by atoms with van der Waals surface area (Å²) in [5.74, 6) is 0.403. The van der Waals surface area contributed by atoms with Gasteiger partial charge in [0, 0.05) is 30.2 Å². The van der Waals surface area contributed by atoms with E-state index >= 15 is 0 Å². The van der Waals surface area contributed by atoms with E-state index in [0.29, 0.717) is 30.4 Å². The molecule has 2 aliphatic heterocycles. The average molecular weight is 391 g/mol. The number of nitrogens with two attached hydrogens (primary N) is 1. The van der Waals surface area contributed by atoms with E-state index < -0.39 is 5.54 Å². The summed E-state index contributed by atoms with van der Waals surface area (Å²) < 4.78 is 30.6. The summed E-state index contributed by atoms with van der Waals surface area (Å²) in [7, 11) is 1.67. The number of benzene rings is 2. The number of fused-ring (bicyclic) bond motifs is 2. The predicted molar refractivity (Wildman–Crippen MR) is 102 cm³/mol. The van der Waals surface area contributed by atoms with Crippen LogP contribution in [-0.4, -0.2) is 33.0 Å². The van der Waals surface area contributed by atoms with Gasteiger partial charge >= 0.3 is 0 Å². The molecule has 27 heavy (non-hydrogen) atoms. The Morgan fingerprint density at radius 2 is 2.11 bits per heavy atom.